The van der Waals surface area contributed by atoms with E-state index >= 15 is 0 Å². The molecule has 8 heteroatoms. The zero-order chi connectivity index (χ0) is 22.8. The van der Waals surface area contributed by atoms with Gasteiger partial charge in [-0.05, 0) is 61.5 Å². The van der Waals surface area contributed by atoms with Gasteiger partial charge in [-0.3, -0.25) is 13.9 Å². The summed E-state index contributed by atoms with van der Waals surface area (Å²) >= 11 is 0. The van der Waals surface area contributed by atoms with Gasteiger partial charge in [0.25, 0.3) is 15.9 Å². The van der Waals surface area contributed by atoms with Crippen molar-refractivity contribution in [1.29, 1.82) is 0 Å². The minimum Gasteiger partial charge on any atom is -0.366 e. The number of sulfonamides is 1. The van der Waals surface area contributed by atoms with Gasteiger partial charge in [0.2, 0.25) is 5.91 Å². The van der Waals surface area contributed by atoms with Crippen molar-refractivity contribution >= 4 is 33.2 Å². The molecule has 0 spiro atoms. The van der Waals surface area contributed by atoms with Crippen LogP contribution in [0.1, 0.15) is 26.3 Å². The molecule has 3 aromatic rings. The van der Waals surface area contributed by atoms with Gasteiger partial charge in [-0.2, -0.15) is 0 Å². The summed E-state index contributed by atoms with van der Waals surface area (Å²) in [6.45, 7) is 1.92. The van der Waals surface area contributed by atoms with Gasteiger partial charge in [0, 0.05) is 30.9 Å². The highest BCUT2D eigenvalue weighted by molar-refractivity contribution is 7.92. The molecule has 0 aliphatic rings. The average molecular weight is 438 g/mol. The summed E-state index contributed by atoms with van der Waals surface area (Å²) < 4.78 is 27.4. The maximum atomic E-state index is 13.1. The Kier molecular flexibility index (Phi) is 6.12. The molecule has 0 aliphatic carbocycles. The highest BCUT2D eigenvalue weighted by Gasteiger charge is 2.23. The van der Waals surface area contributed by atoms with Gasteiger partial charge in [0.05, 0.1) is 10.6 Å². The SMILES string of the molecule is Cc1ccc(N(C)S(=O)(=O)c2cccc(C(=O)N(C)c3ccc(C(N)=O)cc3)c2)cc1. The number of aryl methyl sites for hydroxylation is 1. The lowest BCUT2D eigenvalue weighted by molar-refractivity contribution is 0.0989. The first kappa shape index (κ1) is 22.0. The Labute approximate surface area is 181 Å². The third kappa shape index (κ3) is 4.59. The first-order valence-corrected chi connectivity index (χ1v) is 10.9. The molecule has 0 aliphatic heterocycles. The highest BCUT2D eigenvalue weighted by Crippen LogP contribution is 2.24. The lowest BCUT2D eigenvalue weighted by Gasteiger charge is -2.21. The van der Waals surface area contributed by atoms with Gasteiger partial charge in [-0.1, -0.05) is 23.8 Å². The lowest BCUT2D eigenvalue weighted by atomic mass is 10.1. The number of nitrogens with two attached hydrogens (primary N) is 1. The van der Waals surface area contributed by atoms with Gasteiger partial charge in [-0.25, -0.2) is 8.42 Å². The summed E-state index contributed by atoms with van der Waals surface area (Å²) in [6, 6.07) is 19.3. The standard InChI is InChI=1S/C23H23N3O4S/c1-16-7-11-20(12-8-16)26(3)31(29,30)21-6-4-5-18(15-21)23(28)25(2)19-13-9-17(10-14-19)22(24)27/h4-15H,1-3H3,(H2,24,27). The zero-order valence-electron chi connectivity index (χ0n) is 17.4. The number of hydrogen-bond acceptors (Lipinski definition) is 4. The molecule has 160 valence electrons. The smallest absolute Gasteiger partial charge is 0.264 e. The van der Waals surface area contributed by atoms with Crippen LogP contribution in [0.5, 0.6) is 0 Å². The minimum absolute atomic E-state index is 0.0129. The van der Waals surface area contributed by atoms with Crippen molar-refractivity contribution in [3.8, 4) is 0 Å². The van der Waals surface area contributed by atoms with E-state index in [2.05, 4.69) is 0 Å². The van der Waals surface area contributed by atoms with Crippen LogP contribution in [0.25, 0.3) is 0 Å². The van der Waals surface area contributed by atoms with Gasteiger partial charge in [-0.15, -0.1) is 0 Å². The largest absolute Gasteiger partial charge is 0.366 e. The Morgan fingerprint density at radius 1 is 0.806 bits per heavy atom. The Bertz CT molecular complexity index is 1220. The minimum atomic E-state index is -3.86. The summed E-state index contributed by atoms with van der Waals surface area (Å²) in [5.74, 6) is -0.946. The van der Waals surface area contributed by atoms with Gasteiger partial charge < -0.3 is 10.6 Å². The van der Waals surface area contributed by atoms with Crippen LogP contribution < -0.4 is 14.9 Å². The first-order valence-electron chi connectivity index (χ1n) is 9.45. The number of rotatable bonds is 6. The van der Waals surface area contributed by atoms with E-state index in [-0.39, 0.29) is 16.4 Å². The molecule has 0 heterocycles. The van der Waals surface area contributed by atoms with Crippen molar-refractivity contribution in [2.75, 3.05) is 23.3 Å². The molecule has 0 atom stereocenters. The first-order chi connectivity index (χ1) is 14.6. The third-order valence-electron chi connectivity index (χ3n) is 4.98. The number of benzene rings is 3. The van der Waals surface area contributed by atoms with Crippen LogP contribution in [-0.4, -0.2) is 34.3 Å². The van der Waals surface area contributed by atoms with Crippen LogP contribution in [0, 0.1) is 6.92 Å². The lowest BCUT2D eigenvalue weighted by Crippen LogP contribution is -2.28. The average Bonchev–Trinajstić information content (AvgIpc) is 2.78. The third-order valence-corrected chi connectivity index (χ3v) is 6.76. The molecule has 0 fully saturated rings. The molecule has 0 aromatic heterocycles. The maximum Gasteiger partial charge on any atom is 0.264 e. The summed E-state index contributed by atoms with van der Waals surface area (Å²) in [5, 5.41) is 0. The van der Waals surface area contributed by atoms with Crippen LogP contribution in [0.3, 0.4) is 0 Å². The van der Waals surface area contributed by atoms with E-state index in [1.807, 2.05) is 19.1 Å². The molecule has 3 rings (SSSR count). The van der Waals surface area contributed by atoms with Gasteiger partial charge in [0.15, 0.2) is 0 Å². The molecule has 0 unspecified atom stereocenters. The number of nitrogens with zero attached hydrogens (tertiary/aromatic N) is 2. The fourth-order valence-corrected chi connectivity index (χ4v) is 4.24. The Morgan fingerprint density at radius 3 is 1.97 bits per heavy atom. The van der Waals surface area contributed by atoms with Crippen molar-refractivity contribution in [2.45, 2.75) is 11.8 Å². The second-order valence-corrected chi connectivity index (χ2v) is 9.08. The number of amides is 2. The molecule has 0 bridgehead atoms. The number of primary amides is 1. The Balaban J connectivity index is 1.88. The molecule has 2 amide bonds. The van der Waals surface area contributed by atoms with E-state index in [1.54, 1.807) is 37.4 Å². The molecule has 0 saturated heterocycles. The fraction of sp³-hybridized carbons (Fsp3) is 0.130. The van der Waals surface area contributed by atoms with E-state index in [9.17, 15) is 18.0 Å². The second-order valence-electron chi connectivity index (χ2n) is 7.11. The topological polar surface area (TPSA) is 101 Å². The molecular formula is C23H23N3O4S. The summed E-state index contributed by atoms with van der Waals surface area (Å²) in [4.78, 5) is 25.6. The number of hydrogen-bond donors (Lipinski definition) is 1. The van der Waals surface area contributed by atoms with Crippen LogP contribution in [0.2, 0.25) is 0 Å². The van der Waals surface area contributed by atoms with Crippen molar-refractivity contribution in [3.63, 3.8) is 0 Å². The summed E-state index contributed by atoms with van der Waals surface area (Å²) in [7, 11) is -0.811. The second kappa shape index (κ2) is 8.61. The molecule has 0 saturated carbocycles. The van der Waals surface area contributed by atoms with Crippen molar-refractivity contribution in [1.82, 2.24) is 0 Å². The van der Waals surface area contributed by atoms with Gasteiger partial charge >= 0.3 is 0 Å². The molecule has 7 nitrogen and oxygen atoms in total. The Morgan fingerprint density at radius 2 is 1.39 bits per heavy atom. The van der Waals surface area contributed by atoms with Crippen LogP contribution in [-0.2, 0) is 10.0 Å². The molecule has 31 heavy (non-hydrogen) atoms. The molecule has 2 N–H and O–H groups in total. The van der Waals surface area contributed by atoms with E-state index in [0.717, 1.165) is 5.56 Å². The summed E-state index contributed by atoms with van der Waals surface area (Å²) in [6.07, 6.45) is 0. The van der Waals surface area contributed by atoms with Gasteiger partial charge in [0.1, 0.15) is 0 Å². The van der Waals surface area contributed by atoms with E-state index in [0.29, 0.717) is 16.9 Å². The quantitative estimate of drug-likeness (QED) is 0.640. The van der Waals surface area contributed by atoms with E-state index in [1.165, 1.54) is 46.6 Å². The zero-order valence-corrected chi connectivity index (χ0v) is 18.3. The van der Waals surface area contributed by atoms with Crippen molar-refractivity contribution in [2.24, 2.45) is 5.73 Å². The van der Waals surface area contributed by atoms with Crippen LogP contribution in [0.4, 0.5) is 11.4 Å². The fourth-order valence-electron chi connectivity index (χ4n) is 3.00. The number of carbonyl (C=O) groups excluding carboxylic acids is 2. The van der Waals surface area contributed by atoms with E-state index < -0.39 is 15.9 Å². The normalized spacial score (nSPS) is 11.1. The molecule has 3 aromatic carbocycles. The van der Waals surface area contributed by atoms with E-state index in [4.69, 9.17) is 5.73 Å². The number of carbonyl (C=O) groups is 2. The van der Waals surface area contributed by atoms with Crippen LogP contribution in [0.15, 0.2) is 77.7 Å². The van der Waals surface area contributed by atoms with Crippen molar-refractivity contribution in [3.05, 3.63) is 89.5 Å². The number of anilines is 2. The maximum absolute atomic E-state index is 13.1. The Hall–Kier alpha value is -3.65. The predicted octanol–water partition coefficient (Wildman–Crippen LogP) is 3.20. The predicted molar refractivity (Wildman–Crippen MR) is 121 cm³/mol. The van der Waals surface area contributed by atoms with Crippen LogP contribution >= 0.6 is 0 Å². The van der Waals surface area contributed by atoms with Crippen molar-refractivity contribution < 1.29 is 18.0 Å². The summed E-state index contributed by atoms with van der Waals surface area (Å²) in [5.41, 5.74) is 7.88. The molecular weight excluding hydrogens is 414 g/mol. The molecule has 0 radical (unpaired) electrons. The monoisotopic (exact) mass is 437 g/mol. The highest BCUT2D eigenvalue weighted by atomic mass is 32.2.